The molecule has 0 heterocycles. The van der Waals surface area contributed by atoms with Crippen molar-refractivity contribution in [3.63, 3.8) is 0 Å². The maximum atomic E-state index is 11.0. The van der Waals surface area contributed by atoms with E-state index in [-0.39, 0.29) is 0 Å². The predicted octanol–water partition coefficient (Wildman–Crippen LogP) is -0.849. The number of carboxylic acids is 1. The third-order valence-corrected chi connectivity index (χ3v) is 3.47. The number of aliphatic carboxylic acids is 1. The number of rotatable bonds is 2. The van der Waals surface area contributed by atoms with E-state index in [1.807, 2.05) is 0 Å². The van der Waals surface area contributed by atoms with Crippen LogP contribution >= 0.6 is 0 Å². The van der Waals surface area contributed by atoms with Crippen LogP contribution in [0.4, 0.5) is 0 Å². The summed E-state index contributed by atoms with van der Waals surface area (Å²) in [5.41, 5.74) is 5.34. The number of allylic oxidation sites excluding steroid dienone is 2. The third-order valence-electron chi connectivity index (χ3n) is 2.03. The highest BCUT2D eigenvalue weighted by molar-refractivity contribution is 7.88. The van der Waals surface area contributed by atoms with Crippen LogP contribution in [-0.2, 0) is 14.9 Å². The van der Waals surface area contributed by atoms with E-state index >= 15 is 0 Å². The molecule has 0 spiro atoms. The Balaban J connectivity index is 3.40. The first kappa shape index (κ1) is 10.9. The molecule has 0 bridgehead atoms. The number of carbonyl (C=O) groups is 1. The Bertz CT molecular complexity index is 410. The minimum absolute atomic E-state index is 0.856. The molecular formula is C7H9NO5S. The summed E-state index contributed by atoms with van der Waals surface area (Å²) in [4.78, 5) is 10.8. The van der Waals surface area contributed by atoms with E-state index in [2.05, 4.69) is 0 Å². The minimum atomic E-state index is -4.80. The van der Waals surface area contributed by atoms with Crippen molar-refractivity contribution >= 4 is 16.1 Å². The van der Waals surface area contributed by atoms with Crippen LogP contribution in [0, 0.1) is 0 Å². The number of hydrogen-bond donors (Lipinski definition) is 3. The minimum Gasteiger partial charge on any atom is -0.480 e. The van der Waals surface area contributed by atoms with Gasteiger partial charge in [-0.2, -0.15) is 8.42 Å². The molecule has 7 heteroatoms. The molecule has 0 saturated heterocycles. The van der Waals surface area contributed by atoms with E-state index in [1.54, 1.807) is 0 Å². The van der Waals surface area contributed by atoms with Gasteiger partial charge in [0.05, 0.1) is 6.04 Å². The smallest absolute Gasteiger partial charge is 0.333 e. The zero-order valence-electron chi connectivity index (χ0n) is 6.99. The molecule has 0 aromatic carbocycles. The second-order valence-electron chi connectivity index (χ2n) is 2.84. The topological polar surface area (TPSA) is 118 Å². The summed E-state index contributed by atoms with van der Waals surface area (Å²) in [5, 5.41) is 8.79. The first-order valence-electron chi connectivity index (χ1n) is 3.64. The third kappa shape index (κ3) is 1.35. The van der Waals surface area contributed by atoms with Crippen LogP contribution in [0.2, 0.25) is 0 Å². The van der Waals surface area contributed by atoms with Crippen LogP contribution < -0.4 is 5.73 Å². The van der Waals surface area contributed by atoms with Crippen molar-refractivity contribution in [2.24, 2.45) is 5.73 Å². The van der Waals surface area contributed by atoms with Crippen molar-refractivity contribution in [3.8, 4) is 0 Å². The lowest BCUT2D eigenvalue weighted by molar-refractivity contribution is -0.139. The van der Waals surface area contributed by atoms with Gasteiger partial charge in [0.25, 0.3) is 10.1 Å². The zero-order chi connectivity index (χ0) is 11.0. The Morgan fingerprint density at radius 1 is 1.43 bits per heavy atom. The highest BCUT2D eigenvalue weighted by Crippen LogP contribution is 2.26. The maximum absolute atomic E-state index is 11.0. The largest absolute Gasteiger partial charge is 0.480 e. The molecule has 1 aliphatic rings. The van der Waals surface area contributed by atoms with Crippen LogP contribution in [0.25, 0.3) is 0 Å². The van der Waals surface area contributed by atoms with Gasteiger partial charge >= 0.3 is 5.97 Å². The Hall–Kier alpha value is -1.18. The van der Waals surface area contributed by atoms with E-state index in [1.165, 1.54) is 18.2 Å². The van der Waals surface area contributed by atoms with E-state index in [9.17, 15) is 13.2 Å². The molecular weight excluding hydrogens is 210 g/mol. The summed E-state index contributed by atoms with van der Waals surface area (Å²) < 4.78 is 28.3. The van der Waals surface area contributed by atoms with E-state index in [4.69, 9.17) is 15.4 Å². The maximum Gasteiger partial charge on any atom is 0.333 e. The molecule has 2 atom stereocenters. The van der Waals surface area contributed by atoms with Crippen molar-refractivity contribution in [3.05, 3.63) is 24.3 Å². The van der Waals surface area contributed by atoms with Gasteiger partial charge in [0.15, 0.2) is 0 Å². The lowest BCUT2D eigenvalue weighted by Crippen LogP contribution is -2.57. The highest BCUT2D eigenvalue weighted by Gasteiger charge is 2.53. The molecule has 14 heavy (non-hydrogen) atoms. The summed E-state index contributed by atoms with van der Waals surface area (Å²) in [6.07, 6.45) is 4.68. The SMILES string of the molecule is NC1C=CC=CC1(C(=O)O)S(=O)(=O)O. The summed E-state index contributed by atoms with van der Waals surface area (Å²) in [6, 6.07) is -1.31. The fraction of sp³-hybridized carbons (Fsp3) is 0.286. The lowest BCUT2D eigenvalue weighted by atomic mass is 9.95. The first-order chi connectivity index (χ1) is 6.32. The van der Waals surface area contributed by atoms with Gasteiger partial charge in [0.1, 0.15) is 0 Å². The van der Waals surface area contributed by atoms with Crippen LogP contribution in [-0.4, -0.2) is 34.8 Å². The van der Waals surface area contributed by atoms with Crippen LogP contribution in [0.1, 0.15) is 0 Å². The average Bonchev–Trinajstić information content (AvgIpc) is 2.02. The second-order valence-corrected chi connectivity index (χ2v) is 4.47. The highest BCUT2D eigenvalue weighted by atomic mass is 32.2. The van der Waals surface area contributed by atoms with E-state index in [0.29, 0.717) is 0 Å². The molecule has 6 nitrogen and oxygen atoms in total. The van der Waals surface area contributed by atoms with E-state index < -0.39 is 26.9 Å². The van der Waals surface area contributed by atoms with Crippen molar-refractivity contribution in [2.75, 3.05) is 0 Å². The van der Waals surface area contributed by atoms with Gasteiger partial charge in [0, 0.05) is 0 Å². The normalized spacial score (nSPS) is 31.7. The molecule has 0 fully saturated rings. The summed E-state index contributed by atoms with van der Waals surface area (Å²) in [6.45, 7) is 0. The van der Waals surface area contributed by atoms with Crippen LogP contribution in [0.3, 0.4) is 0 Å². The first-order valence-corrected chi connectivity index (χ1v) is 5.08. The van der Waals surface area contributed by atoms with Gasteiger partial charge in [-0.15, -0.1) is 0 Å². The summed E-state index contributed by atoms with van der Waals surface area (Å²) in [5.74, 6) is -1.70. The number of carboxylic acid groups (broad SMARTS) is 1. The summed E-state index contributed by atoms with van der Waals surface area (Å²) >= 11 is 0. The molecule has 1 aliphatic carbocycles. The summed E-state index contributed by atoms with van der Waals surface area (Å²) in [7, 11) is -4.80. The molecule has 2 unspecified atom stereocenters. The van der Waals surface area contributed by atoms with Gasteiger partial charge in [-0.05, 0) is 6.08 Å². The molecule has 1 rings (SSSR count). The fourth-order valence-electron chi connectivity index (χ4n) is 1.22. The second kappa shape index (κ2) is 3.19. The average molecular weight is 219 g/mol. The molecule has 0 radical (unpaired) electrons. The van der Waals surface area contributed by atoms with Crippen molar-refractivity contribution in [2.45, 2.75) is 10.8 Å². The van der Waals surface area contributed by atoms with Gasteiger partial charge < -0.3 is 10.8 Å². The van der Waals surface area contributed by atoms with Crippen molar-refractivity contribution in [1.82, 2.24) is 0 Å². The number of hydrogen-bond acceptors (Lipinski definition) is 4. The Labute approximate surface area is 80.5 Å². The standard InChI is InChI=1S/C7H9NO5S/c8-5-3-1-2-4-7(5,6(9)10)14(11,12)13/h1-5H,8H2,(H,9,10)(H,11,12,13). The van der Waals surface area contributed by atoms with Crippen molar-refractivity contribution in [1.29, 1.82) is 0 Å². The lowest BCUT2D eigenvalue weighted by Gasteiger charge is -2.28. The zero-order valence-corrected chi connectivity index (χ0v) is 7.81. The van der Waals surface area contributed by atoms with Gasteiger partial charge in [-0.25, -0.2) is 4.79 Å². The molecule has 0 saturated carbocycles. The van der Waals surface area contributed by atoms with E-state index in [0.717, 1.165) is 6.08 Å². The molecule has 78 valence electrons. The quantitative estimate of drug-likeness (QED) is 0.521. The Morgan fingerprint density at radius 3 is 2.29 bits per heavy atom. The van der Waals surface area contributed by atoms with Crippen molar-refractivity contribution < 1.29 is 22.9 Å². The Morgan fingerprint density at radius 2 is 2.00 bits per heavy atom. The fourth-order valence-corrected chi connectivity index (χ4v) is 2.11. The van der Waals surface area contributed by atoms with Crippen LogP contribution in [0.15, 0.2) is 24.3 Å². The van der Waals surface area contributed by atoms with Gasteiger partial charge in [-0.3, -0.25) is 4.55 Å². The van der Waals surface area contributed by atoms with Crippen LogP contribution in [0.5, 0.6) is 0 Å². The molecule has 4 N–H and O–H groups in total. The molecule has 0 amide bonds. The molecule has 0 aliphatic heterocycles. The van der Waals surface area contributed by atoms with Gasteiger partial charge in [-0.1, -0.05) is 18.2 Å². The Kier molecular flexibility index (Phi) is 2.49. The molecule has 0 aromatic rings. The van der Waals surface area contributed by atoms with Gasteiger partial charge in [0.2, 0.25) is 4.75 Å². The predicted molar refractivity (Wildman–Crippen MR) is 48.2 cm³/mol. The molecule has 0 aromatic heterocycles. The monoisotopic (exact) mass is 219 g/mol. The number of nitrogens with two attached hydrogens (primary N) is 1.